The lowest BCUT2D eigenvalue weighted by atomic mass is 10.5. The molecule has 1 fully saturated rings. The van der Waals surface area contributed by atoms with Gasteiger partial charge in [-0.15, -0.1) is 0 Å². The van der Waals surface area contributed by atoms with Crippen molar-refractivity contribution in [3.63, 3.8) is 0 Å². The summed E-state index contributed by atoms with van der Waals surface area (Å²) in [6.07, 6.45) is 4.38. The largest absolute Gasteiger partial charge is 0.299 e. The van der Waals surface area contributed by atoms with Crippen molar-refractivity contribution in [2.24, 2.45) is 0 Å². The van der Waals surface area contributed by atoms with Crippen molar-refractivity contribution in [3.05, 3.63) is 28.6 Å². The van der Waals surface area contributed by atoms with E-state index in [1.54, 1.807) is 0 Å². The topological polar surface area (TPSA) is 51.4 Å². The van der Waals surface area contributed by atoms with Gasteiger partial charge in [0.1, 0.15) is 6.54 Å². The zero-order chi connectivity index (χ0) is 11.1. The van der Waals surface area contributed by atoms with Crippen LogP contribution in [0.15, 0.2) is 12.3 Å². The van der Waals surface area contributed by atoms with Crippen LogP contribution >= 0.6 is 12.2 Å². The lowest BCUT2D eigenvalue weighted by molar-refractivity contribution is 0.594. The number of nitrogens with zero attached hydrogens (tertiary/aromatic N) is 4. The van der Waals surface area contributed by atoms with E-state index in [1.807, 2.05) is 23.9 Å². The standard InChI is InChI=1S/C10H13N5S/c1-7-4-5-14(13-7)6-9-11-12-10(16)15(9)8-2-3-8/h4-5,8H,2-3,6H2,1H3,(H,12,16). The van der Waals surface area contributed by atoms with Crippen LogP contribution < -0.4 is 0 Å². The maximum atomic E-state index is 5.23. The van der Waals surface area contributed by atoms with Crippen LogP contribution in [0.25, 0.3) is 0 Å². The van der Waals surface area contributed by atoms with Gasteiger partial charge in [-0.2, -0.15) is 10.2 Å². The number of hydrogen-bond acceptors (Lipinski definition) is 3. The Bertz CT molecular complexity index is 560. The molecule has 2 heterocycles. The summed E-state index contributed by atoms with van der Waals surface area (Å²) in [6.45, 7) is 2.66. The third-order valence-corrected chi connectivity index (χ3v) is 3.05. The van der Waals surface area contributed by atoms with Crippen LogP contribution in [0.4, 0.5) is 0 Å². The zero-order valence-electron chi connectivity index (χ0n) is 9.05. The smallest absolute Gasteiger partial charge is 0.195 e. The monoisotopic (exact) mass is 235 g/mol. The Hall–Kier alpha value is -1.43. The summed E-state index contributed by atoms with van der Waals surface area (Å²) in [5.74, 6) is 0.968. The molecule has 0 unspecified atom stereocenters. The molecule has 0 atom stereocenters. The minimum absolute atomic E-state index is 0.554. The Labute approximate surface area is 98.1 Å². The molecule has 84 valence electrons. The van der Waals surface area contributed by atoms with Gasteiger partial charge in [0.05, 0.1) is 5.69 Å². The summed E-state index contributed by atoms with van der Waals surface area (Å²) in [6, 6.07) is 2.54. The summed E-state index contributed by atoms with van der Waals surface area (Å²) in [7, 11) is 0. The first-order valence-electron chi connectivity index (χ1n) is 5.40. The van der Waals surface area contributed by atoms with Crippen molar-refractivity contribution in [2.45, 2.75) is 32.4 Å². The number of aryl methyl sites for hydroxylation is 1. The number of aromatic nitrogens is 5. The van der Waals surface area contributed by atoms with Gasteiger partial charge in [0.15, 0.2) is 10.6 Å². The zero-order valence-corrected chi connectivity index (χ0v) is 9.87. The van der Waals surface area contributed by atoms with Crippen LogP contribution in [0.1, 0.15) is 30.4 Å². The minimum atomic E-state index is 0.554. The quantitative estimate of drug-likeness (QED) is 0.826. The van der Waals surface area contributed by atoms with Crippen molar-refractivity contribution >= 4 is 12.2 Å². The van der Waals surface area contributed by atoms with E-state index >= 15 is 0 Å². The average molecular weight is 235 g/mol. The molecule has 1 saturated carbocycles. The number of nitrogens with one attached hydrogen (secondary N) is 1. The molecule has 0 aromatic carbocycles. The first kappa shape index (κ1) is 9.77. The fraction of sp³-hybridized carbons (Fsp3) is 0.500. The van der Waals surface area contributed by atoms with E-state index in [9.17, 15) is 0 Å². The Morgan fingerprint density at radius 1 is 1.56 bits per heavy atom. The Morgan fingerprint density at radius 3 is 3.00 bits per heavy atom. The number of hydrogen-bond donors (Lipinski definition) is 1. The van der Waals surface area contributed by atoms with Crippen LogP contribution in [0, 0.1) is 11.7 Å². The van der Waals surface area contributed by atoms with Gasteiger partial charge < -0.3 is 0 Å². The number of H-pyrrole nitrogens is 1. The van der Waals surface area contributed by atoms with Crippen molar-refractivity contribution in [1.82, 2.24) is 24.5 Å². The highest BCUT2D eigenvalue weighted by Gasteiger charge is 2.27. The molecule has 6 heteroatoms. The maximum Gasteiger partial charge on any atom is 0.195 e. The van der Waals surface area contributed by atoms with Crippen LogP contribution in [0.2, 0.25) is 0 Å². The van der Waals surface area contributed by atoms with Gasteiger partial charge in [-0.3, -0.25) is 14.3 Å². The summed E-state index contributed by atoms with van der Waals surface area (Å²) < 4.78 is 4.73. The van der Waals surface area contributed by atoms with Crippen LogP contribution in [0.5, 0.6) is 0 Å². The van der Waals surface area contributed by atoms with Gasteiger partial charge in [0, 0.05) is 12.2 Å². The molecule has 1 aliphatic carbocycles. The van der Waals surface area contributed by atoms with Crippen molar-refractivity contribution in [3.8, 4) is 0 Å². The minimum Gasteiger partial charge on any atom is -0.299 e. The second kappa shape index (κ2) is 3.55. The summed E-state index contributed by atoms with van der Waals surface area (Å²) >= 11 is 5.23. The first-order valence-corrected chi connectivity index (χ1v) is 5.81. The molecule has 2 aromatic rings. The van der Waals surface area contributed by atoms with Crippen molar-refractivity contribution in [2.75, 3.05) is 0 Å². The first-order chi connectivity index (χ1) is 7.74. The Morgan fingerprint density at radius 2 is 2.38 bits per heavy atom. The van der Waals surface area contributed by atoms with E-state index in [0.29, 0.717) is 12.6 Å². The van der Waals surface area contributed by atoms with E-state index in [0.717, 1.165) is 16.3 Å². The predicted molar refractivity (Wildman–Crippen MR) is 61.7 cm³/mol. The fourth-order valence-electron chi connectivity index (χ4n) is 1.85. The van der Waals surface area contributed by atoms with Crippen molar-refractivity contribution in [1.29, 1.82) is 0 Å². The molecule has 0 amide bonds. The highest BCUT2D eigenvalue weighted by Crippen LogP contribution is 2.35. The van der Waals surface area contributed by atoms with E-state index in [2.05, 4.69) is 19.9 Å². The normalized spacial score (nSPS) is 15.6. The van der Waals surface area contributed by atoms with Crippen LogP contribution in [-0.4, -0.2) is 24.5 Å². The Balaban J connectivity index is 1.92. The predicted octanol–water partition coefficient (Wildman–Crippen LogP) is 1.83. The van der Waals surface area contributed by atoms with Gasteiger partial charge >= 0.3 is 0 Å². The van der Waals surface area contributed by atoms with E-state index in [4.69, 9.17) is 12.2 Å². The summed E-state index contributed by atoms with van der Waals surface area (Å²) in [4.78, 5) is 0. The highest BCUT2D eigenvalue weighted by molar-refractivity contribution is 7.71. The van der Waals surface area contributed by atoms with Gasteiger partial charge in [-0.05, 0) is 38.0 Å². The Kier molecular flexibility index (Phi) is 2.17. The molecule has 3 rings (SSSR count). The average Bonchev–Trinajstić information content (AvgIpc) is 2.91. The molecular weight excluding hydrogens is 222 g/mol. The second-order valence-electron chi connectivity index (χ2n) is 4.20. The van der Waals surface area contributed by atoms with E-state index in [1.165, 1.54) is 12.8 Å². The molecule has 16 heavy (non-hydrogen) atoms. The van der Waals surface area contributed by atoms with Crippen LogP contribution in [-0.2, 0) is 6.54 Å². The third-order valence-electron chi connectivity index (χ3n) is 2.77. The van der Waals surface area contributed by atoms with E-state index in [-0.39, 0.29) is 0 Å². The summed E-state index contributed by atoms with van der Waals surface area (Å²) in [5.41, 5.74) is 1.02. The fourth-order valence-corrected chi connectivity index (χ4v) is 2.15. The maximum absolute atomic E-state index is 5.23. The molecule has 0 saturated heterocycles. The lowest BCUT2D eigenvalue weighted by Crippen LogP contribution is -2.08. The molecule has 0 bridgehead atoms. The molecule has 2 aromatic heterocycles. The van der Waals surface area contributed by atoms with Crippen molar-refractivity contribution < 1.29 is 0 Å². The van der Waals surface area contributed by atoms with Gasteiger partial charge in [-0.25, -0.2) is 0 Å². The molecule has 0 spiro atoms. The lowest BCUT2D eigenvalue weighted by Gasteiger charge is -2.04. The summed E-state index contributed by atoms with van der Waals surface area (Å²) in [5, 5.41) is 11.5. The molecule has 1 N–H and O–H groups in total. The molecule has 0 radical (unpaired) electrons. The second-order valence-corrected chi connectivity index (χ2v) is 4.59. The molecule has 5 nitrogen and oxygen atoms in total. The number of rotatable bonds is 3. The third kappa shape index (κ3) is 1.69. The van der Waals surface area contributed by atoms with E-state index < -0.39 is 0 Å². The van der Waals surface area contributed by atoms with Gasteiger partial charge in [-0.1, -0.05) is 0 Å². The number of aromatic amines is 1. The SMILES string of the molecule is Cc1ccn(Cc2n[nH]c(=S)n2C2CC2)n1. The van der Waals surface area contributed by atoms with Gasteiger partial charge in [0.2, 0.25) is 0 Å². The van der Waals surface area contributed by atoms with Crippen LogP contribution in [0.3, 0.4) is 0 Å². The van der Waals surface area contributed by atoms with Gasteiger partial charge in [0.25, 0.3) is 0 Å². The molecular formula is C10H13N5S. The highest BCUT2D eigenvalue weighted by atomic mass is 32.1. The molecule has 1 aliphatic rings. The molecule has 0 aliphatic heterocycles.